The summed E-state index contributed by atoms with van der Waals surface area (Å²) in [5.41, 5.74) is 0.617. The standard InChI is InChI=1S/C16H23N3O3S3/c1-10-13(24-15(18-10)16(2,3)4)14(20)17-9-11-7-8-12(23-11)25(21,22)19(5)6/h7-8H,9H2,1-6H3,(H,17,20). The molecule has 1 amide bonds. The topological polar surface area (TPSA) is 79.4 Å². The van der Waals surface area contributed by atoms with Crippen LogP contribution >= 0.6 is 22.7 Å². The number of amides is 1. The van der Waals surface area contributed by atoms with Crippen LogP contribution in [-0.4, -0.2) is 37.7 Å². The number of carbonyl (C=O) groups excluding carboxylic acids is 1. The van der Waals surface area contributed by atoms with Crippen molar-refractivity contribution in [2.75, 3.05) is 14.1 Å². The Hall–Kier alpha value is -1.29. The number of sulfonamides is 1. The molecule has 0 spiro atoms. The first-order valence-corrected chi connectivity index (χ1v) is 10.8. The molecule has 0 aliphatic heterocycles. The van der Waals surface area contributed by atoms with Gasteiger partial charge in [-0.25, -0.2) is 17.7 Å². The van der Waals surface area contributed by atoms with Gasteiger partial charge in [0, 0.05) is 24.4 Å². The quantitative estimate of drug-likeness (QED) is 0.835. The van der Waals surface area contributed by atoms with Crippen molar-refractivity contribution < 1.29 is 13.2 Å². The first-order chi connectivity index (χ1) is 11.4. The molecule has 0 aromatic carbocycles. The molecule has 0 fully saturated rings. The Labute approximate surface area is 157 Å². The Bertz CT molecular complexity index is 874. The zero-order valence-electron chi connectivity index (χ0n) is 15.2. The number of rotatable bonds is 5. The zero-order chi connectivity index (χ0) is 19.0. The van der Waals surface area contributed by atoms with E-state index in [0.29, 0.717) is 4.88 Å². The molecule has 2 heterocycles. The van der Waals surface area contributed by atoms with Crippen molar-refractivity contribution in [3.05, 3.63) is 32.6 Å². The van der Waals surface area contributed by atoms with Gasteiger partial charge in [-0.15, -0.1) is 22.7 Å². The molecule has 0 saturated heterocycles. The molecule has 6 nitrogen and oxygen atoms in total. The van der Waals surface area contributed by atoms with Gasteiger partial charge in [-0.2, -0.15) is 0 Å². The molecular weight excluding hydrogens is 378 g/mol. The molecule has 0 saturated carbocycles. The number of hydrogen-bond donors (Lipinski definition) is 1. The summed E-state index contributed by atoms with van der Waals surface area (Å²) in [5.74, 6) is -0.184. The van der Waals surface area contributed by atoms with E-state index < -0.39 is 10.0 Å². The molecule has 2 rings (SSSR count). The van der Waals surface area contributed by atoms with Crippen LogP contribution in [0.25, 0.3) is 0 Å². The van der Waals surface area contributed by atoms with Gasteiger partial charge in [0.2, 0.25) is 0 Å². The van der Waals surface area contributed by atoms with Crippen molar-refractivity contribution in [1.82, 2.24) is 14.6 Å². The third kappa shape index (κ3) is 4.46. The minimum Gasteiger partial charge on any atom is -0.346 e. The van der Waals surface area contributed by atoms with Crippen molar-refractivity contribution in [2.24, 2.45) is 0 Å². The van der Waals surface area contributed by atoms with Crippen LogP contribution in [-0.2, 0) is 22.0 Å². The monoisotopic (exact) mass is 401 g/mol. The minimum atomic E-state index is -3.44. The highest BCUT2D eigenvalue weighted by molar-refractivity contribution is 7.91. The molecular formula is C16H23N3O3S3. The summed E-state index contributed by atoms with van der Waals surface area (Å²) in [5, 5.41) is 3.77. The van der Waals surface area contributed by atoms with E-state index in [4.69, 9.17) is 0 Å². The van der Waals surface area contributed by atoms with Crippen molar-refractivity contribution in [3.8, 4) is 0 Å². The van der Waals surface area contributed by atoms with Gasteiger partial charge in [-0.1, -0.05) is 20.8 Å². The molecule has 0 aliphatic carbocycles. The SMILES string of the molecule is Cc1nc(C(C)(C)C)sc1C(=O)NCc1ccc(S(=O)(=O)N(C)C)s1. The Morgan fingerprint density at radius 3 is 2.40 bits per heavy atom. The lowest BCUT2D eigenvalue weighted by atomic mass is 9.98. The van der Waals surface area contributed by atoms with Crippen molar-refractivity contribution in [2.45, 2.75) is 43.9 Å². The number of carbonyl (C=O) groups is 1. The number of thiophene rings is 1. The second-order valence-electron chi connectivity index (χ2n) is 6.87. The van der Waals surface area contributed by atoms with Crippen LogP contribution in [0.1, 0.15) is 46.0 Å². The summed E-state index contributed by atoms with van der Waals surface area (Å²) in [6.07, 6.45) is 0. The molecule has 9 heteroatoms. The van der Waals surface area contributed by atoms with Crippen LogP contribution in [0.3, 0.4) is 0 Å². The molecule has 1 N–H and O–H groups in total. The second kappa shape index (κ2) is 7.14. The number of hydrogen-bond acceptors (Lipinski definition) is 6. The highest BCUT2D eigenvalue weighted by Crippen LogP contribution is 2.29. The maximum Gasteiger partial charge on any atom is 0.263 e. The predicted octanol–water partition coefficient (Wildman–Crippen LogP) is 2.99. The Kier molecular flexibility index (Phi) is 5.72. The van der Waals surface area contributed by atoms with Gasteiger partial charge in [0.25, 0.3) is 15.9 Å². The second-order valence-corrected chi connectivity index (χ2v) is 11.4. The van der Waals surface area contributed by atoms with Crippen LogP contribution in [0, 0.1) is 6.92 Å². The smallest absolute Gasteiger partial charge is 0.263 e. The molecule has 0 bridgehead atoms. The maximum atomic E-state index is 12.4. The third-order valence-electron chi connectivity index (χ3n) is 3.44. The summed E-state index contributed by atoms with van der Waals surface area (Å²) in [4.78, 5) is 18.3. The van der Waals surface area contributed by atoms with Gasteiger partial charge >= 0.3 is 0 Å². The lowest BCUT2D eigenvalue weighted by molar-refractivity contribution is 0.0954. The first-order valence-electron chi connectivity index (χ1n) is 7.70. The molecule has 0 aliphatic rings. The molecule has 0 atom stereocenters. The Morgan fingerprint density at radius 2 is 1.88 bits per heavy atom. The lowest BCUT2D eigenvalue weighted by Gasteiger charge is -2.13. The molecule has 25 heavy (non-hydrogen) atoms. The van der Waals surface area contributed by atoms with E-state index in [0.717, 1.165) is 26.9 Å². The van der Waals surface area contributed by atoms with Gasteiger partial charge in [0.1, 0.15) is 9.09 Å². The summed E-state index contributed by atoms with van der Waals surface area (Å²) in [6, 6.07) is 3.29. The summed E-state index contributed by atoms with van der Waals surface area (Å²) in [6.45, 7) is 8.30. The zero-order valence-corrected chi connectivity index (χ0v) is 17.7. The molecule has 2 aromatic rings. The number of nitrogens with one attached hydrogen (secondary N) is 1. The molecule has 138 valence electrons. The van der Waals surface area contributed by atoms with Gasteiger partial charge in [-0.05, 0) is 19.1 Å². The summed E-state index contributed by atoms with van der Waals surface area (Å²) in [7, 11) is -0.444. The van der Waals surface area contributed by atoms with E-state index >= 15 is 0 Å². The number of nitrogens with zero attached hydrogens (tertiary/aromatic N) is 2. The van der Waals surface area contributed by atoms with E-state index in [1.807, 2.05) is 6.92 Å². The van der Waals surface area contributed by atoms with E-state index in [2.05, 4.69) is 31.1 Å². The van der Waals surface area contributed by atoms with Crippen molar-refractivity contribution in [3.63, 3.8) is 0 Å². The fraction of sp³-hybridized carbons (Fsp3) is 0.500. The number of thiazole rings is 1. The van der Waals surface area contributed by atoms with Crippen LogP contribution in [0.15, 0.2) is 16.3 Å². The van der Waals surface area contributed by atoms with Crippen molar-refractivity contribution >= 4 is 38.6 Å². The van der Waals surface area contributed by atoms with E-state index in [-0.39, 0.29) is 22.1 Å². The number of aromatic nitrogens is 1. The fourth-order valence-corrected chi connectivity index (χ4v) is 5.45. The van der Waals surface area contributed by atoms with Crippen LogP contribution in [0.4, 0.5) is 0 Å². The lowest BCUT2D eigenvalue weighted by Crippen LogP contribution is -2.22. The molecule has 0 radical (unpaired) electrons. The highest BCUT2D eigenvalue weighted by atomic mass is 32.2. The van der Waals surface area contributed by atoms with Gasteiger partial charge in [-0.3, -0.25) is 4.79 Å². The Balaban J connectivity index is 2.09. The van der Waals surface area contributed by atoms with Gasteiger partial charge < -0.3 is 5.32 Å². The van der Waals surface area contributed by atoms with Gasteiger partial charge in [0.05, 0.1) is 17.2 Å². The molecule has 0 unspecified atom stereocenters. The third-order valence-corrected chi connectivity index (χ3v) is 8.39. The van der Waals surface area contributed by atoms with Crippen LogP contribution in [0.2, 0.25) is 0 Å². The highest BCUT2D eigenvalue weighted by Gasteiger charge is 2.23. The Morgan fingerprint density at radius 1 is 1.24 bits per heavy atom. The summed E-state index contributed by atoms with van der Waals surface area (Å²) < 4.78 is 25.6. The predicted molar refractivity (Wildman–Crippen MR) is 102 cm³/mol. The maximum absolute atomic E-state index is 12.4. The van der Waals surface area contributed by atoms with Crippen LogP contribution < -0.4 is 5.32 Å². The van der Waals surface area contributed by atoms with E-state index in [1.165, 1.54) is 29.7 Å². The molecule has 2 aromatic heterocycles. The largest absolute Gasteiger partial charge is 0.346 e. The van der Waals surface area contributed by atoms with E-state index in [1.54, 1.807) is 12.1 Å². The minimum absolute atomic E-state index is 0.100. The average molecular weight is 402 g/mol. The number of aryl methyl sites for hydroxylation is 1. The average Bonchev–Trinajstić information content (AvgIpc) is 3.11. The van der Waals surface area contributed by atoms with Crippen molar-refractivity contribution in [1.29, 1.82) is 0 Å². The van der Waals surface area contributed by atoms with Crippen LogP contribution in [0.5, 0.6) is 0 Å². The normalized spacial score (nSPS) is 12.6. The fourth-order valence-electron chi connectivity index (χ4n) is 1.95. The van der Waals surface area contributed by atoms with E-state index in [9.17, 15) is 13.2 Å². The summed E-state index contributed by atoms with van der Waals surface area (Å²) >= 11 is 2.56. The first kappa shape index (κ1) is 20.0. The van der Waals surface area contributed by atoms with Gasteiger partial charge in [0.15, 0.2) is 0 Å².